The van der Waals surface area contributed by atoms with Gasteiger partial charge in [0.1, 0.15) is 22.9 Å². The van der Waals surface area contributed by atoms with Crippen molar-refractivity contribution in [2.75, 3.05) is 30.4 Å². The molecule has 7 nitrogen and oxygen atoms in total. The minimum absolute atomic E-state index is 0.00935. The van der Waals surface area contributed by atoms with E-state index in [4.69, 9.17) is 14.5 Å². The molecular weight excluding hydrogens is 496 g/mol. The summed E-state index contributed by atoms with van der Waals surface area (Å²) in [5, 5.41) is 9.35. The summed E-state index contributed by atoms with van der Waals surface area (Å²) >= 11 is 1.28. The van der Waals surface area contributed by atoms with Crippen LogP contribution in [-0.4, -0.2) is 46.6 Å². The molecule has 0 aliphatic rings. The molecule has 0 saturated carbocycles. The largest absolute Gasteiger partial charge is 0.494 e. The Morgan fingerprint density at radius 3 is 1.97 bits per heavy atom. The standard InChI is InChI=1S/C30H32N4O3S/c1-5-34(24-10-8-9-21(4)19-24)27(35)20-38-30-31-28(22-11-15-25(16-12-22)36-6-2)29(32-33-30)23-13-17-26(18-14-23)37-7-3/h8-19H,5-7,20H2,1-4H3. The highest BCUT2D eigenvalue weighted by molar-refractivity contribution is 7.99. The third-order valence-corrected chi connectivity index (χ3v) is 6.62. The minimum atomic E-state index is -0.00935. The first kappa shape index (κ1) is 27.1. The van der Waals surface area contributed by atoms with E-state index < -0.39 is 0 Å². The summed E-state index contributed by atoms with van der Waals surface area (Å²) in [7, 11) is 0. The Morgan fingerprint density at radius 2 is 1.42 bits per heavy atom. The fourth-order valence-electron chi connectivity index (χ4n) is 4.02. The molecule has 0 aliphatic heterocycles. The monoisotopic (exact) mass is 528 g/mol. The lowest BCUT2D eigenvalue weighted by molar-refractivity contribution is -0.116. The van der Waals surface area contributed by atoms with Crippen LogP contribution in [0.5, 0.6) is 11.5 Å². The number of nitrogens with zero attached hydrogens (tertiary/aromatic N) is 4. The zero-order valence-electron chi connectivity index (χ0n) is 22.2. The normalized spacial score (nSPS) is 10.7. The van der Waals surface area contributed by atoms with Crippen LogP contribution in [0.4, 0.5) is 5.69 Å². The Hall–Kier alpha value is -3.91. The molecule has 0 spiro atoms. The second-order valence-electron chi connectivity index (χ2n) is 8.47. The zero-order chi connectivity index (χ0) is 26.9. The third kappa shape index (κ3) is 6.69. The van der Waals surface area contributed by atoms with E-state index >= 15 is 0 Å². The van der Waals surface area contributed by atoms with Gasteiger partial charge in [0.25, 0.3) is 0 Å². The van der Waals surface area contributed by atoms with Crippen LogP contribution in [0.3, 0.4) is 0 Å². The van der Waals surface area contributed by atoms with Crippen molar-refractivity contribution in [1.29, 1.82) is 0 Å². The summed E-state index contributed by atoms with van der Waals surface area (Å²) in [5.74, 6) is 1.77. The number of carbonyl (C=O) groups is 1. The van der Waals surface area contributed by atoms with Crippen molar-refractivity contribution < 1.29 is 14.3 Å². The van der Waals surface area contributed by atoms with Crippen molar-refractivity contribution in [3.05, 3.63) is 78.4 Å². The number of carbonyl (C=O) groups excluding carboxylic acids is 1. The van der Waals surface area contributed by atoms with E-state index in [0.29, 0.717) is 36.3 Å². The van der Waals surface area contributed by atoms with Crippen LogP contribution in [0.2, 0.25) is 0 Å². The van der Waals surface area contributed by atoms with Gasteiger partial charge in [-0.15, -0.1) is 10.2 Å². The Kier molecular flexibility index (Phi) is 9.32. The van der Waals surface area contributed by atoms with Gasteiger partial charge in [-0.1, -0.05) is 23.9 Å². The van der Waals surface area contributed by atoms with Crippen LogP contribution in [0, 0.1) is 6.92 Å². The number of aromatic nitrogens is 3. The molecule has 4 rings (SSSR count). The van der Waals surface area contributed by atoms with E-state index in [9.17, 15) is 4.79 Å². The quantitative estimate of drug-likeness (QED) is 0.207. The average Bonchev–Trinajstić information content (AvgIpc) is 2.94. The van der Waals surface area contributed by atoms with Gasteiger partial charge in [0, 0.05) is 23.4 Å². The minimum Gasteiger partial charge on any atom is -0.494 e. The predicted molar refractivity (Wildman–Crippen MR) is 153 cm³/mol. The van der Waals surface area contributed by atoms with Crippen LogP contribution in [0.15, 0.2) is 78.0 Å². The lowest BCUT2D eigenvalue weighted by Gasteiger charge is -2.21. The van der Waals surface area contributed by atoms with E-state index in [1.165, 1.54) is 11.8 Å². The molecule has 0 radical (unpaired) electrons. The van der Waals surface area contributed by atoms with Crippen molar-refractivity contribution in [2.45, 2.75) is 32.9 Å². The van der Waals surface area contributed by atoms with Gasteiger partial charge >= 0.3 is 0 Å². The second-order valence-corrected chi connectivity index (χ2v) is 9.41. The van der Waals surface area contributed by atoms with Crippen molar-refractivity contribution in [3.63, 3.8) is 0 Å². The molecule has 0 saturated heterocycles. The first-order valence-corrected chi connectivity index (χ1v) is 13.7. The molecule has 0 fully saturated rings. The zero-order valence-corrected chi connectivity index (χ0v) is 23.0. The molecule has 1 heterocycles. The summed E-state index contributed by atoms with van der Waals surface area (Å²) in [5.41, 5.74) is 5.10. The molecule has 3 aromatic carbocycles. The van der Waals surface area contributed by atoms with E-state index in [1.807, 2.05) is 100 Å². The second kappa shape index (κ2) is 13.1. The van der Waals surface area contributed by atoms with Gasteiger partial charge in [-0.2, -0.15) is 0 Å². The first-order chi connectivity index (χ1) is 18.5. The number of hydrogen-bond acceptors (Lipinski definition) is 7. The molecule has 1 amide bonds. The number of aryl methyl sites for hydroxylation is 1. The molecule has 0 unspecified atom stereocenters. The van der Waals surface area contributed by atoms with Gasteiger partial charge in [-0.05, 0) is 93.9 Å². The fraction of sp³-hybridized carbons (Fsp3) is 0.267. The van der Waals surface area contributed by atoms with Gasteiger partial charge < -0.3 is 14.4 Å². The highest BCUT2D eigenvalue weighted by atomic mass is 32.2. The highest BCUT2D eigenvalue weighted by Crippen LogP contribution is 2.32. The molecule has 1 aromatic heterocycles. The molecule has 0 atom stereocenters. The smallest absolute Gasteiger partial charge is 0.237 e. The van der Waals surface area contributed by atoms with Crippen molar-refractivity contribution >= 4 is 23.4 Å². The maximum Gasteiger partial charge on any atom is 0.237 e. The van der Waals surface area contributed by atoms with E-state index in [2.05, 4.69) is 10.2 Å². The van der Waals surface area contributed by atoms with Gasteiger partial charge in [-0.3, -0.25) is 4.79 Å². The summed E-state index contributed by atoms with van der Waals surface area (Å²) in [6.07, 6.45) is 0. The van der Waals surface area contributed by atoms with E-state index in [-0.39, 0.29) is 11.7 Å². The number of ether oxygens (including phenoxy) is 2. The fourth-order valence-corrected chi connectivity index (χ4v) is 4.69. The van der Waals surface area contributed by atoms with Crippen LogP contribution < -0.4 is 14.4 Å². The third-order valence-electron chi connectivity index (χ3n) is 5.80. The molecule has 8 heteroatoms. The number of hydrogen-bond donors (Lipinski definition) is 0. The Balaban J connectivity index is 1.61. The van der Waals surface area contributed by atoms with Crippen molar-refractivity contribution in [2.24, 2.45) is 0 Å². The van der Waals surface area contributed by atoms with Crippen molar-refractivity contribution in [1.82, 2.24) is 15.2 Å². The highest BCUT2D eigenvalue weighted by Gasteiger charge is 2.18. The lowest BCUT2D eigenvalue weighted by Crippen LogP contribution is -2.32. The molecule has 0 N–H and O–H groups in total. The van der Waals surface area contributed by atoms with Crippen LogP contribution >= 0.6 is 11.8 Å². The first-order valence-electron chi connectivity index (χ1n) is 12.7. The molecular formula is C30H32N4O3S. The number of thioether (sulfide) groups is 1. The van der Waals surface area contributed by atoms with Crippen molar-refractivity contribution in [3.8, 4) is 34.0 Å². The molecule has 196 valence electrons. The number of anilines is 1. The summed E-state index contributed by atoms with van der Waals surface area (Å²) in [6.45, 7) is 9.67. The predicted octanol–water partition coefficient (Wildman–Crippen LogP) is 6.46. The van der Waals surface area contributed by atoms with Gasteiger partial charge in [0.2, 0.25) is 11.1 Å². The number of amides is 1. The Bertz CT molecular complexity index is 1360. The van der Waals surface area contributed by atoms with Gasteiger partial charge in [-0.25, -0.2) is 4.98 Å². The van der Waals surface area contributed by atoms with Crippen LogP contribution in [0.1, 0.15) is 26.3 Å². The SMILES string of the molecule is CCOc1ccc(-c2nnc(SCC(=O)N(CC)c3cccc(C)c3)nc2-c2ccc(OCC)cc2)cc1. The Morgan fingerprint density at radius 1 is 0.816 bits per heavy atom. The maximum atomic E-state index is 13.1. The Labute approximate surface area is 228 Å². The molecule has 38 heavy (non-hydrogen) atoms. The summed E-state index contributed by atoms with van der Waals surface area (Å²) in [6, 6.07) is 23.4. The van der Waals surface area contributed by atoms with E-state index in [1.54, 1.807) is 4.90 Å². The average molecular weight is 529 g/mol. The number of benzene rings is 3. The van der Waals surface area contributed by atoms with Crippen LogP contribution in [-0.2, 0) is 4.79 Å². The van der Waals surface area contributed by atoms with E-state index in [0.717, 1.165) is 33.9 Å². The summed E-state index contributed by atoms with van der Waals surface area (Å²) in [4.78, 5) is 19.7. The van der Waals surface area contributed by atoms with Gasteiger partial charge in [0.05, 0.1) is 19.0 Å². The number of rotatable bonds is 11. The lowest BCUT2D eigenvalue weighted by atomic mass is 10.0. The molecule has 4 aromatic rings. The molecule has 0 aliphatic carbocycles. The molecule has 0 bridgehead atoms. The summed E-state index contributed by atoms with van der Waals surface area (Å²) < 4.78 is 11.2. The topological polar surface area (TPSA) is 77.4 Å². The maximum absolute atomic E-state index is 13.1. The van der Waals surface area contributed by atoms with Gasteiger partial charge in [0.15, 0.2) is 0 Å². The van der Waals surface area contributed by atoms with Crippen LogP contribution in [0.25, 0.3) is 22.5 Å².